The lowest BCUT2D eigenvalue weighted by Gasteiger charge is -2.26. The monoisotopic (exact) mass is 448 g/mol. The lowest BCUT2D eigenvalue weighted by molar-refractivity contribution is -0.112. The van der Waals surface area contributed by atoms with Gasteiger partial charge in [0.25, 0.3) is 5.91 Å². The third kappa shape index (κ3) is 3.37. The first kappa shape index (κ1) is 20.7. The van der Waals surface area contributed by atoms with E-state index >= 15 is 0 Å². The number of aliphatic imine (C=N–C) groups is 1. The highest BCUT2D eigenvalue weighted by Gasteiger charge is 2.45. The van der Waals surface area contributed by atoms with Crippen molar-refractivity contribution in [2.24, 2.45) is 10.7 Å². The Bertz CT molecular complexity index is 1290. The van der Waals surface area contributed by atoms with E-state index < -0.39 is 0 Å². The molecule has 8 heteroatoms. The number of aromatic nitrogens is 3. The third-order valence-corrected chi connectivity index (χ3v) is 6.35. The number of hydrogen-bond donors (Lipinski definition) is 1. The SMILES string of the molecule is CCC(N)=C1C(=NC2CC2)C(=O)N(c2cc(C)c3nnc(C)n3c2)C1c1ccc(Cl)cc1. The van der Waals surface area contributed by atoms with Crippen LogP contribution in [0.5, 0.6) is 0 Å². The molecule has 3 heterocycles. The maximum atomic E-state index is 13.9. The summed E-state index contributed by atoms with van der Waals surface area (Å²) in [6, 6.07) is 9.37. The van der Waals surface area contributed by atoms with E-state index in [0.717, 1.165) is 46.7 Å². The molecule has 2 fully saturated rings. The maximum absolute atomic E-state index is 13.9. The molecule has 0 radical (unpaired) electrons. The zero-order valence-corrected chi connectivity index (χ0v) is 19.1. The van der Waals surface area contributed by atoms with Crippen LogP contribution in [0, 0.1) is 13.8 Å². The lowest BCUT2D eigenvalue weighted by Crippen LogP contribution is -2.30. The molecule has 1 aromatic carbocycles. The van der Waals surface area contributed by atoms with Crippen LogP contribution < -0.4 is 10.6 Å². The molecule has 0 spiro atoms. The molecule has 2 aliphatic rings. The molecule has 1 amide bonds. The van der Waals surface area contributed by atoms with Gasteiger partial charge >= 0.3 is 0 Å². The molecule has 3 aromatic rings. The maximum Gasteiger partial charge on any atom is 0.277 e. The minimum atomic E-state index is -0.383. The standard InChI is InChI=1S/C24H25ClN6O/c1-4-19(26)20-21(27-17-9-10-17)24(32)31(22(20)15-5-7-16(25)8-6-15)18-11-13(2)23-29-28-14(3)30(23)12-18/h5-8,11-12,17,22H,4,9-10,26H2,1-3H3. The number of carbonyl (C=O) groups is 1. The lowest BCUT2D eigenvalue weighted by atomic mass is 9.95. The molecule has 1 saturated carbocycles. The third-order valence-electron chi connectivity index (χ3n) is 6.10. The van der Waals surface area contributed by atoms with Gasteiger partial charge in [0.05, 0.1) is 17.8 Å². The highest BCUT2D eigenvalue weighted by atomic mass is 35.5. The van der Waals surface area contributed by atoms with Crippen LogP contribution in [0.25, 0.3) is 5.65 Å². The molecule has 164 valence electrons. The Morgan fingerprint density at radius 2 is 1.94 bits per heavy atom. The van der Waals surface area contributed by atoms with E-state index in [9.17, 15) is 4.79 Å². The molecule has 1 saturated heterocycles. The molecule has 5 rings (SSSR count). The van der Waals surface area contributed by atoms with Crippen LogP contribution >= 0.6 is 11.6 Å². The first-order valence-corrected chi connectivity index (χ1v) is 11.2. The molecular formula is C24H25ClN6O. The fraction of sp³-hybridized carbons (Fsp3) is 0.333. The smallest absolute Gasteiger partial charge is 0.277 e. The number of fused-ring (bicyclic) bond motifs is 1. The summed E-state index contributed by atoms with van der Waals surface area (Å²) in [4.78, 5) is 20.5. The van der Waals surface area contributed by atoms with Gasteiger partial charge in [-0.3, -0.25) is 19.1 Å². The van der Waals surface area contributed by atoms with Crippen LogP contribution in [0.3, 0.4) is 0 Å². The zero-order chi connectivity index (χ0) is 22.6. The van der Waals surface area contributed by atoms with Gasteiger partial charge in [-0.15, -0.1) is 10.2 Å². The number of pyridine rings is 1. The van der Waals surface area contributed by atoms with Gasteiger partial charge in [-0.1, -0.05) is 30.7 Å². The van der Waals surface area contributed by atoms with Crippen molar-refractivity contribution in [3.05, 3.63) is 69.8 Å². The summed E-state index contributed by atoms with van der Waals surface area (Å²) in [5, 5.41) is 9.08. The predicted molar refractivity (Wildman–Crippen MR) is 126 cm³/mol. The second-order valence-corrected chi connectivity index (χ2v) is 8.89. The number of nitrogens with two attached hydrogens (primary N) is 1. The quantitative estimate of drug-likeness (QED) is 0.643. The van der Waals surface area contributed by atoms with E-state index in [0.29, 0.717) is 22.9 Å². The summed E-state index contributed by atoms with van der Waals surface area (Å²) < 4.78 is 1.92. The summed E-state index contributed by atoms with van der Waals surface area (Å²) in [5.74, 6) is 0.628. The van der Waals surface area contributed by atoms with Crippen molar-refractivity contribution in [2.75, 3.05) is 4.90 Å². The summed E-state index contributed by atoms with van der Waals surface area (Å²) in [7, 11) is 0. The Morgan fingerprint density at radius 1 is 1.22 bits per heavy atom. The summed E-state index contributed by atoms with van der Waals surface area (Å²) >= 11 is 6.17. The average molecular weight is 449 g/mol. The van der Waals surface area contributed by atoms with Crippen molar-refractivity contribution < 1.29 is 4.79 Å². The fourth-order valence-electron chi connectivity index (χ4n) is 4.24. The van der Waals surface area contributed by atoms with Gasteiger partial charge in [-0.2, -0.15) is 0 Å². The molecule has 7 nitrogen and oxygen atoms in total. The van der Waals surface area contributed by atoms with Crippen LogP contribution in [0.4, 0.5) is 5.69 Å². The number of hydrogen-bond acceptors (Lipinski definition) is 5. The van der Waals surface area contributed by atoms with E-state index in [4.69, 9.17) is 22.3 Å². The van der Waals surface area contributed by atoms with E-state index in [-0.39, 0.29) is 18.0 Å². The van der Waals surface area contributed by atoms with E-state index in [2.05, 4.69) is 10.2 Å². The number of rotatable bonds is 4. The molecule has 1 atom stereocenters. The van der Waals surface area contributed by atoms with Crippen LogP contribution in [-0.2, 0) is 4.79 Å². The summed E-state index contributed by atoms with van der Waals surface area (Å²) in [6.07, 6.45) is 4.56. The van der Waals surface area contributed by atoms with Gasteiger partial charge in [0.2, 0.25) is 0 Å². The van der Waals surface area contributed by atoms with Crippen LogP contribution in [-0.4, -0.2) is 32.3 Å². The van der Waals surface area contributed by atoms with Gasteiger partial charge < -0.3 is 5.73 Å². The minimum absolute atomic E-state index is 0.132. The molecule has 2 N–H and O–H groups in total. The molecule has 1 aliphatic carbocycles. The molecule has 32 heavy (non-hydrogen) atoms. The molecule has 1 aliphatic heterocycles. The van der Waals surface area contributed by atoms with Gasteiger partial charge in [0.1, 0.15) is 11.5 Å². The van der Waals surface area contributed by atoms with Gasteiger partial charge in [-0.05, 0) is 62.4 Å². The molecular weight excluding hydrogens is 424 g/mol. The normalized spacial score (nSPS) is 21.8. The number of benzene rings is 1. The van der Waals surface area contributed by atoms with Gasteiger partial charge in [-0.25, -0.2) is 0 Å². The second kappa shape index (κ2) is 7.74. The first-order chi connectivity index (χ1) is 15.4. The van der Waals surface area contributed by atoms with Crippen molar-refractivity contribution >= 4 is 34.6 Å². The van der Waals surface area contributed by atoms with Gasteiger partial charge in [0, 0.05) is 22.5 Å². The first-order valence-electron chi connectivity index (χ1n) is 10.9. The van der Waals surface area contributed by atoms with E-state index in [1.54, 1.807) is 4.90 Å². The number of aryl methyl sites for hydroxylation is 2. The predicted octanol–water partition coefficient (Wildman–Crippen LogP) is 4.31. The van der Waals surface area contributed by atoms with E-state index in [1.165, 1.54) is 0 Å². The molecule has 1 unspecified atom stereocenters. The van der Waals surface area contributed by atoms with E-state index in [1.807, 2.05) is 61.7 Å². The number of carbonyl (C=O) groups excluding carboxylic acids is 1. The Balaban J connectivity index is 1.76. The number of nitrogens with zero attached hydrogens (tertiary/aromatic N) is 5. The van der Waals surface area contributed by atoms with Crippen molar-refractivity contribution in [1.82, 2.24) is 14.6 Å². The topological polar surface area (TPSA) is 88.9 Å². The second-order valence-electron chi connectivity index (χ2n) is 8.45. The molecule has 0 bridgehead atoms. The van der Waals surface area contributed by atoms with Crippen molar-refractivity contribution in [1.29, 1.82) is 0 Å². The Kier molecular flexibility index (Phi) is 5.01. The summed E-state index contributed by atoms with van der Waals surface area (Å²) in [6.45, 7) is 5.87. The minimum Gasteiger partial charge on any atom is -0.402 e. The average Bonchev–Trinajstić information content (AvgIpc) is 3.46. The van der Waals surface area contributed by atoms with Crippen molar-refractivity contribution in [2.45, 2.75) is 52.1 Å². The number of anilines is 1. The molecule has 2 aromatic heterocycles. The number of amides is 1. The number of halogens is 1. The Morgan fingerprint density at radius 3 is 2.59 bits per heavy atom. The van der Waals surface area contributed by atoms with Crippen LogP contribution in [0.15, 0.2) is 52.8 Å². The van der Waals surface area contributed by atoms with Gasteiger partial charge in [0.15, 0.2) is 5.65 Å². The van der Waals surface area contributed by atoms with Crippen molar-refractivity contribution in [3.8, 4) is 0 Å². The highest BCUT2D eigenvalue weighted by Crippen LogP contribution is 2.42. The van der Waals surface area contributed by atoms with Crippen LogP contribution in [0.2, 0.25) is 5.02 Å². The highest BCUT2D eigenvalue weighted by molar-refractivity contribution is 6.53. The largest absolute Gasteiger partial charge is 0.402 e. The van der Waals surface area contributed by atoms with Crippen molar-refractivity contribution in [3.63, 3.8) is 0 Å². The zero-order valence-electron chi connectivity index (χ0n) is 18.3. The Labute approximate surface area is 191 Å². The number of allylic oxidation sites excluding steroid dienone is 1. The fourth-order valence-corrected chi connectivity index (χ4v) is 4.37. The van der Waals surface area contributed by atoms with Crippen LogP contribution in [0.1, 0.15) is 49.2 Å². The Hall–Kier alpha value is -3.19. The summed E-state index contributed by atoms with van der Waals surface area (Å²) in [5.41, 5.74) is 11.9.